The van der Waals surface area contributed by atoms with Crippen LogP contribution in [0.1, 0.15) is 17.8 Å². The van der Waals surface area contributed by atoms with Crippen molar-refractivity contribution in [3.63, 3.8) is 0 Å². The van der Waals surface area contributed by atoms with Crippen LogP contribution < -0.4 is 5.32 Å². The second kappa shape index (κ2) is 6.69. The van der Waals surface area contributed by atoms with Crippen molar-refractivity contribution in [3.05, 3.63) is 46.3 Å². The first kappa shape index (κ1) is 16.0. The maximum absolute atomic E-state index is 9.47. The topological polar surface area (TPSA) is 41.5 Å². The lowest BCUT2D eigenvalue weighted by Crippen LogP contribution is -2.52. The summed E-state index contributed by atoms with van der Waals surface area (Å²) in [6.45, 7) is 4.39. The van der Waals surface area contributed by atoms with E-state index < -0.39 is 0 Å². The molecule has 1 fully saturated rings. The third-order valence-corrected chi connectivity index (χ3v) is 5.69. The standard InChI is InChI=1S/C17H20ClNO2S/c1-12(19-8-17(9-20)10-21-11-17)15-6-7-16(22-15)13-2-4-14(18)5-3-13/h2-7,12,19-20H,8-11H2,1H3. The Labute approximate surface area is 139 Å². The third-order valence-electron chi connectivity index (χ3n) is 4.12. The Morgan fingerprint density at radius 1 is 1.27 bits per heavy atom. The number of halogens is 1. The Hall–Kier alpha value is -0.910. The zero-order valence-corrected chi connectivity index (χ0v) is 14.1. The van der Waals surface area contributed by atoms with Crippen LogP contribution in [0.4, 0.5) is 0 Å². The highest BCUT2D eigenvalue weighted by atomic mass is 35.5. The molecule has 1 aromatic carbocycles. The maximum Gasteiger partial charge on any atom is 0.0579 e. The Morgan fingerprint density at radius 2 is 2.00 bits per heavy atom. The molecule has 0 aliphatic carbocycles. The highest BCUT2D eigenvalue weighted by Crippen LogP contribution is 2.33. The van der Waals surface area contributed by atoms with Crippen LogP contribution in [0.15, 0.2) is 36.4 Å². The number of ether oxygens (including phenoxy) is 1. The highest BCUT2D eigenvalue weighted by molar-refractivity contribution is 7.15. The fourth-order valence-electron chi connectivity index (χ4n) is 2.47. The van der Waals surface area contributed by atoms with Crippen molar-refractivity contribution in [2.24, 2.45) is 5.41 Å². The Morgan fingerprint density at radius 3 is 2.59 bits per heavy atom. The largest absolute Gasteiger partial charge is 0.396 e. The number of aliphatic hydroxyl groups excluding tert-OH is 1. The maximum atomic E-state index is 9.47. The van der Waals surface area contributed by atoms with Crippen LogP contribution in [0.2, 0.25) is 5.02 Å². The van der Waals surface area contributed by atoms with Gasteiger partial charge in [0, 0.05) is 27.4 Å². The van der Waals surface area contributed by atoms with Gasteiger partial charge in [0.1, 0.15) is 0 Å². The average molecular weight is 338 g/mol. The summed E-state index contributed by atoms with van der Waals surface area (Å²) in [7, 11) is 0. The van der Waals surface area contributed by atoms with Gasteiger partial charge >= 0.3 is 0 Å². The predicted molar refractivity (Wildman–Crippen MR) is 91.5 cm³/mol. The molecule has 5 heteroatoms. The van der Waals surface area contributed by atoms with Crippen molar-refractivity contribution in [3.8, 4) is 10.4 Å². The van der Waals surface area contributed by atoms with Gasteiger partial charge in [0.2, 0.25) is 0 Å². The summed E-state index contributed by atoms with van der Waals surface area (Å²) in [6, 6.07) is 12.5. The van der Waals surface area contributed by atoms with Crippen LogP contribution in [0.3, 0.4) is 0 Å². The Bertz CT molecular complexity index is 616. The van der Waals surface area contributed by atoms with E-state index in [1.807, 2.05) is 24.3 Å². The number of hydrogen-bond acceptors (Lipinski definition) is 4. The van der Waals surface area contributed by atoms with E-state index in [4.69, 9.17) is 16.3 Å². The first-order valence-corrected chi connectivity index (χ1v) is 8.59. The molecule has 1 aromatic heterocycles. The third kappa shape index (κ3) is 3.36. The van der Waals surface area contributed by atoms with E-state index in [0.29, 0.717) is 13.2 Å². The number of rotatable bonds is 6. The lowest BCUT2D eigenvalue weighted by molar-refractivity contribution is -0.135. The molecule has 0 amide bonds. The van der Waals surface area contributed by atoms with Gasteiger partial charge in [-0.25, -0.2) is 0 Å². The van der Waals surface area contributed by atoms with Crippen molar-refractivity contribution < 1.29 is 9.84 Å². The van der Waals surface area contributed by atoms with Crippen LogP contribution in [-0.4, -0.2) is 31.5 Å². The van der Waals surface area contributed by atoms with Crippen LogP contribution in [0.25, 0.3) is 10.4 Å². The van der Waals surface area contributed by atoms with Gasteiger partial charge in [0.25, 0.3) is 0 Å². The lowest BCUT2D eigenvalue weighted by atomic mass is 9.87. The molecule has 1 aliphatic heterocycles. The summed E-state index contributed by atoms with van der Waals surface area (Å²) in [5.41, 5.74) is 1.09. The van der Waals surface area contributed by atoms with E-state index in [0.717, 1.165) is 11.6 Å². The number of thiophene rings is 1. The lowest BCUT2D eigenvalue weighted by Gasteiger charge is -2.40. The minimum atomic E-state index is -0.0927. The Kier molecular flexibility index (Phi) is 4.85. The monoisotopic (exact) mass is 337 g/mol. The van der Waals surface area contributed by atoms with Gasteiger partial charge in [-0.2, -0.15) is 0 Å². The van der Waals surface area contributed by atoms with Gasteiger partial charge in [0.15, 0.2) is 0 Å². The van der Waals surface area contributed by atoms with Crippen molar-refractivity contribution in [1.29, 1.82) is 0 Å². The van der Waals surface area contributed by atoms with Gasteiger partial charge in [-0.1, -0.05) is 23.7 Å². The predicted octanol–water partition coefficient (Wildman–Crippen LogP) is 3.73. The average Bonchev–Trinajstić information content (AvgIpc) is 2.97. The van der Waals surface area contributed by atoms with E-state index in [2.05, 4.69) is 24.4 Å². The molecule has 0 spiro atoms. The molecule has 1 atom stereocenters. The molecule has 3 rings (SSSR count). The van der Waals surface area contributed by atoms with E-state index in [1.165, 1.54) is 15.3 Å². The summed E-state index contributed by atoms with van der Waals surface area (Å²) >= 11 is 7.72. The summed E-state index contributed by atoms with van der Waals surface area (Å²) < 4.78 is 5.23. The molecule has 0 saturated carbocycles. The molecule has 1 unspecified atom stereocenters. The van der Waals surface area contributed by atoms with Gasteiger partial charge < -0.3 is 15.2 Å². The molecule has 2 N–H and O–H groups in total. The van der Waals surface area contributed by atoms with Gasteiger partial charge in [-0.05, 0) is 36.8 Å². The van der Waals surface area contributed by atoms with Crippen molar-refractivity contribution in [1.82, 2.24) is 5.32 Å². The molecule has 1 saturated heterocycles. The van der Waals surface area contributed by atoms with Crippen LogP contribution in [0, 0.1) is 5.41 Å². The smallest absolute Gasteiger partial charge is 0.0579 e. The second-order valence-electron chi connectivity index (χ2n) is 5.96. The second-order valence-corrected chi connectivity index (χ2v) is 7.51. The zero-order chi connectivity index (χ0) is 15.6. The van der Waals surface area contributed by atoms with E-state index in [1.54, 1.807) is 11.3 Å². The summed E-state index contributed by atoms with van der Waals surface area (Å²) in [4.78, 5) is 2.53. The van der Waals surface area contributed by atoms with Gasteiger partial charge in [-0.15, -0.1) is 11.3 Å². The minimum Gasteiger partial charge on any atom is -0.396 e. The zero-order valence-electron chi connectivity index (χ0n) is 12.5. The fourth-order valence-corrected chi connectivity index (χ4v) is 3.63. The quantitative estimate of drug-likeness (QED) is 0.844. The number of nitrogens with one attached hydrogen (secondary N) is 1. The first-order chi connectivity index (χ1) is 10.6. The van der Waals surface area contributed by atoms with Crippen LogP contribution >= 0.6 is 22.9 Å². The number of benzene rings is 1. The van der Waals surface area contributed by atoms with Crippen LogP contribution in [-0.2, 0) is 4.74 Å². The number of hydrogen-bond donors (Lipinski definition) is 2. The van der Waals surface area contributed by atoms with E-state index >= 15 is 0 Å². The Balaban J connectivity index is 1.64. The molecule has 1 aliphatic rings. The SMILES string of the molecule is CC(NCC1(CO)COC1)c1ccc(-c2ccc(Cl)cc2)s1. The molecule has 2 aromatic rings. The van der Waals surface area contributed by atoms with E-state index in [9.17, 15) is 5.11 Å². The minimum absolute atomic E-state index is 0.0927. The molecular weight excluding hydrogens is 318 g/mol. The normalized spacial score (nSPS) is 18.0. The van der Waals surface area contributed by atoms with Crippen molar-refractivity contribution in [2.45, 2.75) is 13.0 Å². The molecule has 2 heterocycles. The summed E-state index contributed by atoms with van der Waals surface area (Å²) in [6.07, 6.45) is 0. The first-order valence-electron chi connectivity index (χ1n) is 7.40. The van der Waals surface area contributed by atoms with Gasteiger partial charge in [0.05, 0.1) is 25.2 Å². The molecular formula is C17H20ClNO2S. The van der Waals surface area contributed by atoms with E-state index in [-0.39, 0.29) is 18.1 Å². The molecule has 0 radical (unpaired) electrons. The van der Waals surface area contributed by atoms with Crippen molar-refractivity contribution in [2.75, 3.05) is 26.4 Å². The highest BCUT2D eigenvalue weighted by Gasteiger charge is 2.38. The van der Waals surface area contributed by atoms with Crippen LogP contribution in [0.5, 0.6) is 0 Å². The summed E-state index contributed by atoms with van der Waals surface area (Å²) in [5, 5.41) is 13.7. The molecule has 22 heavy (non-hydrogen) atoms. The molecule has 0 bridgehead atoms. The molecule has 3 nitrogen and oxygen atoms in total. The fraction of sp³-hybridized carbons (Fsp3) is 0.412. The molecule has 118 valence electrons. The number of aliphatic hydroxyl groups is 1. The van der Waals surface area contributed by atoms with Crippen molar-refractivity contribution >= 4 is 22.9 Å². The van der Waals surface area contributed by atoms with Gasteiger partial charge in [-0.3, -0.25) is 0 Å². The summed E-state index contributed by atoms with van der Waals surface area (Å²) in [5.74, 6) is 0.